The highest BCUT2D eigenvalue weighted by molar-refractivity contribution is 5.42. The minimum Gasteiger partial charge on any atom is -0.490 e. The maximum Gasteiger partial charge on any atom is 0.124 e. The monoisotopic (exact) mass is 435 g/mol. The molecule has 0 radical (unpaired) electrons. The predicted octanol–water partition coefficient (Wildman–Crippen LogP) is 5.85. The van der Waals surface area contributed by atoms with Crippen molar-refractivity contribution in [1.82, 2.24) is 5.32 Å². The minimum atomic E-state index is 0.157. The lowest BCUT2D eigenvalue weighted by atomic mass is 9.92. The summed E-state index contributed by atoms with van der Waals surface area (Å²) in [5.41, 5.74) is 2.54. The Bertz CT molecular complexity index is 841. The quantitative estimate of drug-likeness (QED) is 0.528. The Balaban J connectivity index is 1.05. The van der Waals surface area contributed by atoms with E-state index >= 15 is 0 Å². The molecule has 2 fully saturated rings. The zero-order valence-electron chi connectivity index (χ0n) is 19.1. The van der Waals surface area contributed by atoms with Crippen LogP contribution in [0.15, 0.2) is 48.5 Å². The van der Waals surface area contributed by atoms with E-state index in [0.29, 0.717) is 12.1 Å². The number of nitrogens with one attached hydrogen (secondary N) is 1. The van der Waals surface area contributed by atoms with E-state index in [-0.39, 0.29) is 6.10 Å². The van der Waals surface area contributed by atoms with Gasteiger partial charge in [-0.05, 0) is 99.6 Å². The first kappa shape index (κ1) is 21.8. The smallest absolute Gasteiger partial charge is 0.124 e. The Morgan fingerprint density at radius 1 is 0.938 bits per heavy atom. The maximum absolute atomic E-state index is 6.38. The third kappa shape index (κ3) is 5.65. The fourth-order valence-corrected chi connectivity index (χ4v) is 5.43. The summed E-state index contributed by atoms with van der Waals surface area (Å²) in [6, 6.07) is 17.6. The molecule has 3 aliphatic rings. The molecule has 2 heterocycles. The highest BCUT2D eigenvalue weighted by Gasteiger charge is 2.24. The summed E-state index contributed by atoms with van der Waals surface area (Å²) in [4.78, 5) is 0. The van der Waals surface area contributed by atoms with Gasteiger partial charge in [-0.3, -0.25) is 0 Å². The standard InChI is InChI=1S/C28H37NO3/c1-2-6-22(7-3-1)27-14-8-23-19-26(13-15-28(23)32-27)31-25-11-9-24(10-12-25)29-17-4-5-21-16-18-30-20-21/h1-3,6-7,13,15,19,21,24-25,27,29H,4-5,8-12,14,16-18,20H2. The van der Waals surface area contributed by atoms with Gasteiger partial charge < -0.3 is 19.5 Å². The van der Waals surface area contributed by atoms with Gasteiger partial charge in [-0.2, -0.15) is 0 Å². The van der Waals surface area contributed by atoms with Crippen LogP contribution in [0.4, 0.5) is 0 Å². The van der Waals surface area contributed by atoms with E-state index in [9.17, 15) is 0 Å². The molecule has 2 aromatic rings. The van der Waals surface area contributed by atoms with Gasteiger partial charge in [0.15, 0.2) is 0 Å². The van der Waals surface area contributed by atoms with Crippen molar-refractivity contribution in [3.05, 3.63) is 59.7 Å². The van der Waals surface area contributed by atoms with Gasteiger partial charge in [0.1, 0.15) is 17.6 Å². The SMILES string of the molecule is c1ccc(C2CCc3cc(OC4CCC(NCCCC5CCOC5)CC4)ccc3O2)cc1. The average Bonchev–Trinajstić information content (AvgIpc) is 3.37. The number of rotatable bonds is 8. The van der Waals surface area contributed by atoms with Crippen molar-refractivity contribution in [2.75, 3.05) is 19.8 Å². The second-order valence-electron chi connectivity index (χ2n) is 9.74. The van der Waals surface area contributed by atoms with Gasteiger partial charge in [0.05, 0.1) is 6.10 Å². The van der Waals surface area contributed by atoms with Gasteiger partial charge in [0.2, 0.25) is 0 Å². The van der Waals surface area contributed by atoms with E-state index < -0.39 is 0 Å². The number of ether oxygens (including phenoxy) is 3. The molecule has 4 nitrogen and oxygen atoms in total. The molecule has 1 aliphatic carbocycles. The summed E-state index contributed by atoms with van der Waals surface area (Å²) in [7, 11) is 0. The number of hydrogen-bond acceptors (Lipinski definition) is 4. The molecule has 4 heteroatoms. The summed E-state index contributed by atoms with van der Waals surface area (Å²) < 4.78 is 18.1. The van der Waals surface area contributed by atoms with Gasteiger partial charge >= 0.3 is 0 Å². The first-order chi connectivity index (χ1) is 15.8. The van der Waals surface area contributed by atoms with E-state index in [1.807, 2.05) is 0 Å². The molecule has 32 heavy (non-hydrogen) atoms. The lowest BCUT2D eigenvalue weighted by Gasteiger charge is -2.30. The molecule has 172 valence electrons. The summed E-state index contributed by atoms with van der Waals surface area (Å²) >= 11 is 0. The highest BCUT2D eigenvalue weighted by atomic mass is 16.5. The van der Waals surface area contributed by atoms with Gasteiger partial charge in [-0.15, -0.1) is 0 Å². The summed E-state index contributed by atoms with van der Waals surface area (Å²) in [5, 5.41) is 3.78. The van der Waals surface area contributed by atoms with Gasteiger partial charge in [-0.25, -0.2) is 0 Å². The van der Waals surface area contributed by atoms with Gasteiger partial charge in [0, 0.05) is 19.3 Å². The van der Waals surface area contributed by atoms with Crippen molar-refractivity contribution in [2.24, 2.45) is 5.92 Å². The van der Waals surface area contributed by atoms with E-state index in [1.54, 1.807) is 0 Å². The van der Waals surface area contributed by atoms with Gasteiger partial charge in [0.25, 0.3) is 0 Å². The van der Waals surface area contributed by atoms with Crippen LogP contribution >= 0.6 is 0 Å². The molecule has 2 atom stereocenters. The largest absolute Gasteiger partial charge is 0.490 e. The minimum absolute atomic E-state index is 0.157. The molecule has 2 aromatic carbocycles. The van der Waals surface area contributed by atoms with Crippen LogP contribution in [0, 0.1) is 5.92 Å². The van der Waals surface area contributed by atoms with E-state index in [0.717, 1.165) is 62.9 Å². The van der Waals surface area contributed by atoms with E-state index in [4.69, 9.17) is 14.2 Å². The summed E-state index contributed by atoms with van der Waals surface area (Å²) in [6.45, 7) is 3.08. The molecule has 5 rings (SSSR count). The molecule has 1 N–H and O–H groups in total. The van der Waals surface area contributed by atoms with Crippen LogP contribution in [-0.4, -0.2) is 31.9 Å². The third-order valence-electron chi connectivity index (χ3n) is 7.37. The zero-order valence-corrected chi connectivity index (χ0v) is 19.1. The molecule has 1 saturated heterocycles. The lowest BCUT2D eigenvalue weighted by Crippen LogP contribution is -2.36. The first-order valence-corrected chi connectivity index (χ1v) is 12.7. The molecule has 1 saturated carbocycles. The van der Waals surface area contributed by atoms with Crippen molar-refractivity contribution in [3.63, 3.8) is 0 Å². The van der Waals surface area contributed by atoms with Crippen molar-refractivity contribution in [2.45, 2.75) is 76.0 Å². The normalized spacial score (nSPS) is 27.5. The van der Waals surface area contributed by atoms with Crippen LogP contribution in [0.3, 0.4) is 0 Å². The summed E-state index contributed by atoms with van der Waals surface area (Å²) in [6.07, 6.45) is 11.1. The Labute approximate surface area is 192 Å². The third-order valence-corrected chi connectivity index (χ3v) is 7.37. The Kier molecular flexibility index (Phi) is 7.30. The number of benzene rings is 2. The Morgan fingerprint density at radius 3 is 2.62 bits per heavy atom. The van der Waals surface area contributed by atoms with Crippen molar-refractivity contribution >= 4 is 0 Å². The molecule has 0 amide bonds. The predicted molar refractivity (Wildman–Crippen MR) is 127 cm³/mol. The fraction of sp³-hybridized carbons (Fsp3) is 0.571. The molecule has 0 aromatic heterocycles. The number of aryl methyl sites for hydroxylation is 1. The Hall–Kier alpha value is -2.04. The molecule has 0 spiro atoms. The van der Waals surface area contributed by atoms with Crippen molar-refractivity contribution < 1.29 is 14.2 Å². The van der Waals surface area contributed by atoms with E-state index in [1.165, 1.54) is 43.2 Å². The maximum atomic E-state index is 6.38. The lowest BCUT2D eigenvalue weighted by molar-refractivity contribution is 0.138. The van der Waals surface area contributed by atoms with Crippen molar-refractivity contribution in [3.8, 4) is 11.5 Å². The molecule has 0 bridgehead atoms. The second-order valence-corrected chi connectivity index (χ2v) is 9.74. The molecule has 2 unspecified atom stereocenters. The van der Waals surface area contributed by atoms with Crippen LogP contribution in [0.25, 0.3) is 0 Å². The number of hydrogen-bond donors (Lipinski definition) is 1. The first-order valence-electron chi connectivity index (χ1n) is 12.7. The second kappa shape index (κ2) is 10.7. The Morgan fingerprint density at radius 2 is 1.81 bits per heavy atom. The molecular weight excluding hydrogens is 398 g/mol. The molecule has 2 aliphatic heterocycles. The zero-order chi connectivity index (χ0) is 21.6. The van der Waals surface area contributed by atoms with Crippen LogP contribution in [-0.2, 0) is 11.2 Å². The average molecular weight is 436 g/mol. The summed E-state index contributed by atoms with van der Waals surface area (Å²) in [5.74, 6) is 2.81. The van der Waals surface area contributed by atoms with Crippen molar-refractivity contribution in [1.29, 1.82) is 0 Å². The topological polar surface area (TPSA) is 39.7 Å². The van der Waals surface area contributed by atoms with Crippen LogP contribution < -0.4 is 14.8 Å². The van der Waals surface area contributed by atoms with Gasteiger partial charge in [-0.1, -0.05) is 30.3 Å². The molecular formula is C28H37NO3. The highest BCUT2D eigenvalue weighted by Crippen LogP contribution is 2.37. The van der Waals surface area contributed by atoms with E-state index in [2.05, 4.69) is 53.8 Å². The van der Waals surface area contributed by atoms with Crippen LogP contribution in [0.5, 0.6) is 11.5 Å². The van der Waals surface area contributed by atoms with Crippen LogP contribution in [0.1, 0.15) is 68.6 Å². The fourth-order valence-electron chi connectivity index (χ4n) is 5.43. The van der Waals surface area contributed by atoms with Crippen LogP contribution in [0.2, 0.25) is 0 Å². The number of fused-ring (bicyclic) bond motifs is 1.